The number of rotatable bonds is 5. The SMILES string of the molecule is O=C(O)CCS(=O)(=O)N1CCC(N2CCCCC2)C1. The Labute approximate surface area is 114 Å². The summed E-state index contributed by atoms with van der Waals surface area (Å²) in [5.41, 5.74) is 0. The van der Waals surface area contributed by atoms with Crippen LogP contribution in [-0.2, 0) is 14.8 Å². The molecule has 7 heteroatoms. The molecule has 0 spiro atoms. The summed E-state index contributed by atoms with van der Waals surface area (Å²) in [6, 6.07) is 0.319. The molecule has 1 atom stereocenters. The van der Waals surface area contributed by atoms with Gasteiger partial charge in [0.15, 0.2) is 0 Å². The fourth-order valence-electron chi connectivity index (χ4n) is 2.89. The van der Waals surface area contributed by atoms with Gasteiger partial charge in [0.1, 0.15) is 0 Å². The summed E-state index contributed by atoms with van der Waals surface area (Å²) in [4.78, 5) is 12.9. The van der Waals surface area contributed by atoms with Crippen molar-refractivity contribution in [3.05, 3.63) is 0 Å². The molecule has 2 aliphatic heterocycles. The minimum absolute atomic E-state index is 0.283. The summed E-state index contributed by atoms with van der Waals surface area (Å²) >= 11 is 0. The maximum atomic E-state index is 12.0. The first kappa shape index (κ1) is 14.7. The molecule has 2 rings (SSSR count). The Morgan fingerprint density at radius 1 is 1.16 bits per heavy atom. The Bertz CT molecular complexity index is 417. The van der Waals surface area contributed by atoms with E-state index in [0.717, 1.165) is 19.5 Å². The second-order valence-electron chi connectivity index (χ2n) is 5.36. The van der Waals surface area contributed by atoms with E-state index in [-0.39, 0.29) is 12.2 Å². The average Bonchev–Trinajstić information content (AvgIpc) is 2.88. The number of carbonyl (C=O) groups is 1. The lowest BCUT2D eigenvalue weighted by molar-refractivity contribution is -0.136. The Morgan fingerprint density at radius 2 is 1.84 bits per heavy atom. The van der Waals surface area contributed by atoms with E-state index in [1.807, 2.05) is 0 Å². The lowest BCUT2D eigenvalue weighted by Crippen LogP contribution is -2.42. The molecular formula is C12H22N2O4S. The van der Waals surface area contributed by atoms with E-state index in [9.17, 15) is 13.2 Å². The van der Waals surface area contributed by atoms with Gasteiger partial charge in [-0.15, -0.1) is 0 Å². The van der Waals surface area contributed by atoms with Gasteiger partial charge in [0.25, 0.3) is 0 Å². The van der Waals surface area contributed by atoms with E-state index in [2.05, 4.69) is 4.90 Å². The van der Waals surface area contributed by atoms with Crippen molar-refractivity contribution in [2.75, 3.05) is 31.9 Å². The number of sulfonamides is 1. The van der Waals surface area contributed by atoms with Gasteiger partial charge in [0.05, 0.1) is 12.2 Å². The van der Waals surface area contributed by atoms with Crippen LogP contribution in [0.4, 0.5) is 0 Å². The highest BCUT2D eigenvalue weighted by Crippen LogP contribution is 2.22. The van der Waals surface area contributed by atoms with Crippen LogP contribution in [0.5, 0.6) is 0 Å². The maximum Gasteiger partial charge on any atom is 0.304 e. The van der Waals surface area contributed by atoms with Gasteiger partial charge >= 0.3 is 5.97 Å². The molecular weight excluding hydrogens is 268 g/mol. The highest BCUT2D eigenvalue weighted by Gasteiger charge is 2.34. The summed E-state index contributed by atoms with van der Waals surface area (Å²) < 4.78 is 25.5. The molecule has 2 aliphatic rings. The van der Waals surface area contributed by atoms with Crippen LogP contribution in [0.1, 0.15) is 32.1 Å². The molecule has 0 bridgehead atoms. The van der Waals surface area contributed by atoms with Gasteiger partial charge < -0.3 is 5.11 Å². The molecule has 1 N–H and O–H groups in total. The first-order chi connectivity index (χ1) is 8.99. The Morgan fingerprint density at radius 3 is 2.47 bits per heavy atom. The van der Waals surface area contributed by atoms with Crippen molar-refractivity contribution < 1.29 is 18.3 Å². The van der Waals surface area contributed by atoms with Crippen LogP contribution in [-0.4, -0.2) is 66.7 Å². The van der Waals surface area contributed by atoms with Crippen molar-refractivity contribution in [2.45, 2.75) is 38.1 Å². The van der Waals surface area contributed by atoms with Crippen molar-refractivity contribution in [2.24, 2.45) is 0 Å². The smallest absolute Gasteiger partial charge is 0.304 e. The molecule has 0 aromatic carbocycles. The molecule has 0 aromatic heterocycles. The van der Waals surface area contributed by atoms with Crippen LogP contribution in [0.2, 0.25) is 0 Å². The summed E-state index contributed by atoms with van der Waals surface area (Å²) in [7, 11) is -3.40. The van der Waals surface area contributed by atoms with Crippen LogP contribution >= 0.6 is 0 Å². The van der Waals surface area contributed by atoms with Crippen molar-refractivity contribution in [3.63, 3.8) is 0 Å². The zero-order valence-corrected chi connectivity index (χ0v) is 11.9. The van der Waals surface area contributed by atoms with Crippen molar-refractivity contribution in [1.29, 1.82) is 0 Å². The summed E-state index contributed by atoms with van der Waals surface area (Å²) in [5.74, 6) is -1.34. The molecule has 0 aromatic rings. The molecule has 2 saturated heterocycles. The van der Waals surface area contributed by atoms with Gasteiger partial charge in [0.2, 0.25) is 10.0 Å². The summed E-state index contributed by atoms with van der Waals surface area (Å²) in [6.45, 7) is 3.19. The van der Waals surface area contributed by atoms with Gasteiger partial charge in [-0.2, -0.15) is 0 Å². The van der Waals surface area contributed by atoms with E-state index in [1.165, 1.54) is 23.6 Å². The standard InChI is InChI=1S/C12H22N2O4S/c15-12(16)5-9-19(17,18)14-8-4-11(10-14)13-6-2-1-3-7-13/h11H,1-10H2,(H,15,16). The Kier molecular flexibility index (Phi) is 4.81. The molecule has 110 valence electrons. The number of hydrogen-bond donors (Lipinski definition) is 1. The molecule has 19 heavy (non-hydrogen) atoms. The predicted molar refractivity (Wildman–Crippen MR) is 71.4 cm³/mol. The first-order valence-electron chi connectivity index (χ1n) is 6.93. The minimum Gasteiger partial charge on any atom is -0.481 e. The van der Waals surface area contributed by atoms with Gasteiger partial charge in [-0.1, -0.05) is 6.42 Å². The molecule has 1 unspecified atom stereocenters. The highest BCUT2D eigenvalue weighted by molar-refractivity contribution is 7.89. The zero-order valence-electron chi connectivity index (χ0n) is 11.1. The van der Waals surface area contributed by atoms with Crippen LogP contribution in [0, 0.1) is 0 Å². The number of nitrogens with zero attached hydrogens (tertiary/aromatic N) is 2. The maximum absolute atomic E-state index is 12.0. The Balaban J connectivity index is 1.88. The quantitative estimate of drug-likeness (QED) is 0.790. The van der Waals surface area contributed by atoms with E-state index in [4.69, 9.17) is 5.11 Å². The normalized spacial score (nSPS) is 26.6. The average molecular weight is 290 g/mol. The largest absolute Gasteiger partial charge is 0.481 e. The van der Waals surface area contributed by atoms with Gasteiger partial charge in [-0.25, -0.2) is 12.7 Å². The third-order valence-corrected chi connectivity index (χ3v) is 5.84. The number of hydrogen-bond acceptors (Lipinski definition) is 4. The molecule has 0 radical (unpaired) electrons. The van der Waals surface area contributed by atoms with Crippen molar-refractivity contribution in [1.82, 2.24) is 9.21 Å². The molecule has 2 fully saturated rings. The lowest BCUT2D eigenvalue weighted by Gasteiger charge is -2.32. The fourth-order valence-corrected chi connectivity index (χ4v) is 4.36. The second-order valence-corrected chi connectivity index (χ2v) is 7.45. The zero-order chi connectivity index (χ0) is 13.9. The molecule has 0 amide bonds. The number of carboxylic acids is 1. The molecule has 2 heterocycles. The lowest BCUT2D eigenvalue weighted by atomic mass is 10.1. The van der Waals surface area contributed by atoms with E-state index >= 15 is 0 Å². The third kappa shape index (κ3) is 3.90. The third-order valence-electron chi connectivity index (χ3n) is 4.00. The van der Waals surface area contributed by atoms with E-state index in [1.54, 1.807) is 0 Å². The van der Waals surface area contributed by atoms with Gasteiger partial charge in [-0.3, -0.25) is 9.69 Å². The summed E-state index contributed by atoms with van der Waals surface area (Å²) in [5, 5.41) is 8.58. The van der Waals surface area contributed by atoms with Crippen molar-refractivity contribution in [3.8, 4) is 0 Å². The van der Waals surface area contributed by atoms with Gasteiger partial charge in [0, 0.05) is 19.1 Å². The van der Waals surface area contributed by atoms with Crippen molar-refractivity contribution >= 4 is 16.0 Å². The number of piperidine rings is 1. The fraction of sp³-hybridized carbons (Fsp3) is 0.917. The van der Waals surface area contributed by atoms with Crippen LogP contribution in [0.3, 0.4) is 0 Å². The van der Waals surface area contributed by atoms with Crippen LogP contribution in [0.15, 0.2) is 0 Å². The molecule has 6 nitrogen and oxygen atoms in total. The minimum atomic E-state index is -3.40. The topological polar surface area (TPSA) is 77.9 Å². The first-order valence-corrected chi connectivity index (χ1v) is 8.53. The predicted octanol–water partition coefficient (Wildman–Crippen LogP) is 0.351. The molecule has 0 aliphatic carbocycles. The number of carboxylic acid groups (broad SMARTS) is 1. The van der Waals surface area contributed by atoms with Crippen LogP contribution < -0.4 is 0 Å². The summed E-state index contributed by atoms with van der Waals surface area (Å²) in [6.07, 6.45) is 4.22. The van der Waals surface area contributed by atoms with E-state index in [0.29, 0.717) is 19.1 Å². The van der Waals surface area contributed by atoms with Crippen LogP contribution in [0.25, 0.3) is 0 Å². The number of aliphatic carboxylic acids is 1. The number of likely N-dealkylation sites (tertiary alicyclic amines) is 1. The monoisotopic (exact) mass is 290 g/mol. The molecule has 0 saturated carbocycles. The van der Waals surface area contributed by atoms with E-state index < -0.39 is 16.0 Å². The highest BCUT2D eigenvalue weighted by atomic mass is 32.2. The Hall–Kier alpha value is -0.660. The van der Waals surface area contributed by atoms with Gasteiger partial charge in [-0.05, 0) is 32.4 Å². The second kappa shape index (κ2) is 6.19.